The molecular formula is C38H36F3N3O8. The third-order valence-electron chi connectivity index (χ3n) is 10.5. The molecule has 0 saturated carbocycles. The van der Waals surface area contributed by atoms with Gasteiger partial charge in [0.05, 0.1) is 30.8 Å². The second kappa shape index (κ2) is 13.1. The molecule has 7 rings (SSSR count). The number of halogens is 3. The van der Waals surface area contributed by atoms with E-state index in [9.17, 15) is 33.1 Å². The Morgan fingerprint density at radius 1 is 1.10 bits per heavy atom. The van der Waals surface area contributed by atoms with Crippen LogP contribution in [0.5, 0.6) is 28.7 Å². The monoisotopic (exact) mass is 719 g/mol. The number of benzene rings is 3. The van der Waals surface area contributed by atoms with Gasteiger partial charge < -0.3 is 28.8 Å². The number of fused-ring (bicyclic) bond motifs is 9. The Kier molecular flexibility index (Phi) is 8.83. The van der Waals surface area contributed by atoms with Gasteiger partial charge in [-0.3, -0.25) is 14.6 Å². The van der Waals surface area contributed by atoms with Crippen molar-refractivity contribution in [2.24, 2.45) is 0 Å². The minimum atomic E-state index is -4.55. The number of hydrogen-bond donors (Lipinski definition) is 1. The summed E-state index contributed by atoms with van der Waals surface area (Å²) in [5, 5.41) is 22.5. The zero-order valence-electron chi connectivity index (χ0n) is 29.0. The maximum atomic E-state index is 13.3. The smallest absolute Gasteiger partial charge is 0.416 e. The Balaban J connectivity index is 1.35. The van der Waals surface area contributed by atoms with Crippen LogP contribution in [0.15, 0.2) is 36.4 Å². The van der Waals surface area contributed by atoms with E-state index in [-0.39, 0.29) is 42.9 Å². The molecule has 14 heteroatoms. The van der Waals surface area contributed by atoms with Crippen LogP contribution in [0.25, 0.3) is 6.08 Å². The standard InChI is InChI=1S/C38H36F3N3O8/c1-18-11-22-13-25-27(15-42)44-26(32(43(25)4)30(22)33(47)34(18)48-5)14-24-31(37-36(50-17-51-37)19(2)35(24)52-20(3)45)28(44)16-49-29(46)10-9-21-7-6-8-23(12-21)38(39,40)41/h6-12,25-28,32,47H,13-14,16-17H2,1-5H3/b10-9+/t25?,26?,27-,28-,32?/m0/s1. The van der Waals surface area contributed by atoms with Crippen LogP contribution in [0.2, 0.25) is 0 Å². The Morgan fingerprint density at radius 2 is 1.85 bits per heavy atom. The van der Waals surface area contributed by atoms with Crippen molar-refractivity contribution in [2.75, 3.05) is 27.6 Å². The summed E-state index contributed by atoms with van der Waals surface area (Å²) in [4.78, 5) is 29.8. The number of carbonyl (C=O) groups excluding carboxylic acids is 2. The molecule has 4 heterocycles. The van der Waals surface area contributed by atoms with E-state index in [4.69, 9.17) is 23.7 Å². The molecule has 4 aliphatic heterocycles. The minimum Gasteiger partial charge on any atom is -0.504 e. The van der Waals surface area contributed by atoms with E-state index < -0.39 is 47.8 Å². The lowest BCUT2D eigenvalue weighted by molar-refractivity contribution is -0.143. The number of rotatable bonds is 6. The molecule has 0 aliphatic carbocycles. The van der Waals surface area contributed by atoms with Gasteiger partial charge in [0.15, 0.2) is 23.0 Å². The van der Waals surface area contributed by atoms with Crippen molar-refractivity contribution < 1.29 is 51.6 Å². The fourth-order valence-electron chi connectivity index (χ4n) is 8.47. The molecule has 4 aliphatic rings. The van der Waals surface area contributed by atoms with Crippen LogP contribution in [0, 0.1) is 25.2 Å². The van der Waals surface area contributed by atoms with E-state index in [0.29, 0.717) is 45.9 Å². The lowest BCUT2D eigenvalue weighted by Gasteiger charge is -2.59. The van der Waals surface area contributed by atoms with Crippen LogP contribution in [-0.2, 0) is 33.3 Å². The van der Waals surface area contributed by atoms with Crippen molar-refractivity contribution in [3.05, 3.63) is 80.9 Å². The Hall–Kier alpha value is -5.26. The average Bonchev–Trinajstić information content (AvgIpc) is 3.58. The van der Waals surface area contributed by atoms with Gasteiger partial charge in [0, 0.05) is 47.3 Å². The largest absolute Gasteiger partial charge is 0.504 e. The number of phenolic OH excluding ortho intramolecular Hbond substituents is 1. The molecule has 0 spiro atoms. The van der Waals surface area contributed by atoms with E-state index in [0.717, 1.165) is 29.3 Å². The lowest BCUT2D eigenvalue weighted by atomic mass is 9.71. The van der Waals surface area contributed by atoms with Crippen molar-refractivity contribution in [3.8, 4) is 34.8 Å². The van der Waals surface area contributed by atoms with Gasteiger partial charge in [-0.05, 0) is 68.6 Å². The topological polar surface area (TPSA) is 131 Å². The number of ether oxygens (including phenoxy) is 5. The molecule has 1 N–H and O–H groups in total. The zero-order valence-corrected chi connectivity index (χ0v) is 29.0. The van der Waals surface area contributed by atoms with Crippen LogP contribution in [-0.4, -0.2) is 72.5 Å². The summed E-state index contributed by atoms with van der Waals surface area (Å²) in [6.07, 6.45) is -1.58. The quantitative estimate of drug-likeness (QED) is 0.191. The molecule has 0 aromatic heterocycles. The van der Waals surface area contributed by atoms with E-state index in [1.54, 1.807) is 6.92 Å². The van der Waals surface area contributed by atoms with Crippen molar-refractivity contribution in [1.82, 2.24) is 9.80 Å². The van der Waals surface area contributed by atoms with E-state index in [2.05, 4.69) is 11.0 Å². The van der Waals surface area contributed by atoms with Gasteiger partial charge in [-0.2, -0.15) is 18.4 Å². The molecule has 2 bridgehead atoms. The van der Waals surface area contributed by atoms with Gasteiger partial charge in [0.25, 0.3) is 0 Å². The summed E-state index contributed by atoms with van der Waals surface area (Å²) >= 11 is 0. The minimum absolute atomic E-state index is 0.00117. The molecule has 5 atom stereocenters. The third kappa shape index (κ3) is 5.68. The molecule has 52 heavy (non-hydrogen) atoms. The number of phenols is 1. The first kappa shape index (κ1) is 35.2. The molecule has 1 fully saturated rings. The van der Waals surface area contributed by atoms with Gasteiger partial charge in [-0.25, -0.2) is 4.79 Å². The molecule has 0 amide bonds. The summed E-state index contributed by atoms with van der Waals surface area (Å²) < 4.78 is 69.0. The molecule has 3 aromatic rings. The first-order chi connectivity index (χ1) is 24.7. The Bertz CT molecular complexity index is 2060. The normalized spacial score (nSPS) is 23.3. The summed E-state index contributed by atoms with van der Waals surface area (Å²) in [5.74, 6) is -0.0392. The van der Waals surface area contributed by atoms with Crippen LogP contribution in [0.4, 0.5) is 13.2 Å². The number of esters is 2. The van der Waals surface area contributed by atoms with Crippen molar-refractivity contribution in [3.63, 3.8) is 0 Å². The Labute approximate surface area is 297 Å². The van der Waals surface area contributed by atoms with E-state index in [1.807, 2.05) is 24.9 Å². The van der Waals surface area contributed by atoms with Crippen molar-refractivity contribution in [2.45, 2.75) is 70.0 Å². The Morgan fingerprint density at radius 3 is 2.54 bits per heavy atom. The number of carbonyl (C=O) groups is 2. The van der Waals surface area contributed by atoms with E-state index >= 15 is 0 Å². The highest BCUT2D eigenvalue weighted by molar-refractivity contribution is 5.87. The predicted molar refractivity (Wildman–Crippen MR) is 179 cm³/mol. The number of nitrogens with zero attached hydrogens (tertiary/aromatic N) is 3. The highest BCUT2D eigenvalue weighted by atomic mass is 19.4. The first-order valence-corrected chi connectivity index (χ1v) is 16.7. The zero-order chi connectivity index (χ0) is 37.2. The maximum absolute atomic E-state index is 13.3. The number of aromatic hydroxyl groups is 1. The molecular weight excluding hydrogens is 683 g/mol. The number of likely N-dealkylation sites (N-methyl/N-ethyl adjacent to an activating group) is 1. The number of methoxy groups -OCH3 is 1. The molecule has 272 valence electrons. The number of hydrogen-bond acceptors (Lipinski definition) is 11. The van der Waals surface area contributed by atoms with Crippen LogP contribution >= 0.6 is 0 Å². The van der Waals surface area contributed by atoms with Gasteiger partial charge in [-0.15, -0.1) is 0 Å². The summed E-state index contributed by atoms with van der Waals surface area (Å²) in [5.41, 5.74) is 3.28. The van der Waals surface area contributed by atoms with Gasteiger partial charge in [0.1, 0.15) is 18.4 Å². The number of nitriles is 1. The molecule has 1 saturated heterocycles. The number of piperazine rings is 1. The van der Waals surface area contributed by atoms with Crippen LogP contribution < -0.4 is 18.9 Å². The molecule has 0 radical (unpaired) electrons. The second-order valence-corrected chi connectivity index (χ2v) is 13.4. The van der Waals surface area contributed by atoms with Gasteiger partial charge >= 0.3 is 18.1 Å². The lowest BCUT2D eigenvalue weighted by Crippen LogP contribution is -2.68. The highest BCUT2D eigenvalue weighted by Crippen LogP contribution is 2.58. The van der Waals surface area contributed by atoms with Gasteiger partial charge in [-0.1, -0.05) is 18.2 Å². The van der Waals surface area contributed by atoms with Crippen LogP contribution in [0.1, 0.15) is 63.5 Å². The first-order valence-electron chi connectivity index (χ1n) is 16.7. The average molecular weight is 720 g/mol. The summed E-state index contributed by atoms with van der Waals surface area (Å²) in [6, 6.07) is 6.13. The summed E-state index contributed by atoms with van der Waals surface area (Å²) in [6.45, 7) is 4.47. The fraction of sp³-hybridized carbons (Fsp3) is 0.395. The van der Waals surface area contributed by atoms with Crippen LogP contribution in [0.3, 0.4) is 0 Å². The summed E-state index contributed by atoms with van der Waals surface area (Å²) in [7, 11) is 3.40. The maximum Gasteiger partial charge on any atom is 0.416 e. The fourth-order valence-corrected chi connectivity index (χ4v) is 8.47. The number of aryl methyl sites for hydroxylation is 1. The molecule has 11 nitrogen and oxygen atoms in total. The third-order valence-corrected chi connectivity index (χ3v) is 10.5. The van der Waals surface area contributed by atoms with Gasteiger partial charge in [0.2, 0.25) is 6.79 Å². The highest BCUT2D eigenvalue weighted by Gasteiger charge is 2.57. The molecule has 3 unspecified atom stereocenters. The van der Waals surface area contributed by atoms with Crippen molar-refractivity contribution >= 4 is 18.0 Å². The SMILES string of the molecule is COc1c(C)cc2c(c1O)C1C3Cc4c(OC(C)=O)c(C)c5c(c4[C@H](COC(=O)/C=C/c4cccc(C(F)(F)F)c4)N3[C@@H](C#N)C(C2)N1C)OCO5. The van der Waals surface area contributed by atoms with Crippen molar-refractivity contribution in [1.29, 1.82) is 5.26 Å². The van der Waals surface area contributed by atoms with E-state index in [1.165, 1.54) is 32.2 Å². The number of alkyl halides is 3. The second-order valence-electron chi connectivity index (χ2n) is 13.4. The predicted octanol–water partition coefficient (Wildman–Crippen LogP) is 5.72. The molecule has 3 aromatic carbocycles.